The first-order chi connectivity index (χ1) is 13.9. The molecule has 0 fully saturated rings. The van der Waals surface area contributed by atoms with E-state index in [1.54, 1.807) is 38.5 Å². The second-order valence-electron chi connectivity index (χ2n) is 7.04. The van der Waals surface area contributed by atoms with Crippen LogP contribution in [-0.2, 0) is 23.0 Å². The Bertz CT molecular complexity index is 956. The third kappa shape index (κ3) is 6.11. The highest BCUT2D eigenvalue weighted by Crippen LogP contribution is 2.33. The van der Waals surface area contributed by atoms with E-state index >= 15 is 0 Å². The normalized spacial score (nSPS) is 14.0. The zero-order chi connectivity index (χ0) is 20.9. The third-order valence-corrected chi connectivity index (χ3v) is 7.59. The number of ether oxygens (including phenoxy) is 2. The molecule has 0 spiro atoms. The first-order valence-electron chi connectivity index (χ1n) is 9.65. The lowest BCUT2D eigenvalue weighted by Crippen LogP contribution is -2.32. The molecule has 1 aliphatic rings. The SMILES string of the molecule is COc1cc2c(cc1OC)CN(CCCCNS(=O)(=O)c1ccccc1Br)CC2.Cl. The van der Waals surface area contributed by atoms with Gasteiger partial charge in [0.1, 0.15) is 0 Å². The Morgan fingerprint density at radius 1 is 1.07 bits per heavy atom. The first-order valence-corrected chi connectivity index (χ1v) is 11.9. The topological polar surface area (TPSA) is 67.9 Å². The number of hydrogen-bond acceptors (Lipinski definition) is 5. The van der Waals surface area contributed by atoms with Crippen molar-refractivity contribution in [1.82, 2.24) is 9.62 Å². The van der Waals surface area contributed by atoms with Gasteiger partial charge >= 0.3 is 0 Å². The van der Waals surface area contributed by atoms with Crippen molar-refractivity contribution in [1.29, 1.82) is 0 Å². The van der Waals surface area contributed by atoms with Gasteiger partial charge in [-0.1, -0.05) is 12.1 Å². The molecule has 166 valence electrons. The summed E-state index contributed by atoms with van der Waals surface area (Å²) in [7, 11) is -0.177. The summed E-state index contributed by atoms with van der Waals surface area (Å²) in [6.07, 6.45) is 2.70. The fourth-order valence-corrected chi connectivity index (χ4v) is 5.61. The van der Waals surface area contributed by atoms with E-state index in [9.17, 15) is 8.42 Å². The number of methoxy groups -OCH3 is 2. The van der Waals surface area contributed by atoms with Crippen LogP contribution in [0.1, 0.15) is 24.0 Å². The van der Waals surface area contributed by atoms with Crippen LogP contribution in [0.15, 0.2) is 45.8 Å². The molecule has 0 atom stereocenters. The van der Waals surface area contributed by atoms with E-state index in [0.717, 1.165) is 50.4 Å². The van der Waals surface area contributed by atoms with Crippen LogP contribution in [0.4, 0.5) is 0 Å². The molecule has 1 N–H and O–H groups in total. The number of unbranched alkanes of at least 4 members (excludes halogenated alkanes) is 1. The van der Waals surface area contributed by atoms with E-state index in [-0.39, 0.29) is 17.3 Å². The summed E-state index contributed by atoms with van der Waals surface area (Å²) in [5.41, 5.74) is 2.57. The summed E-state index contributed by atoms with van der Waals surface area (Å²) in [5, 5.41) is 0. The van der Waals surface area contributed by atoms with Crippen molar-refractivity contribution in [3.05, 3.63) is 52.0 Å². The minimum Gasteiger partial charge on any atom is -0.493 e. The molecule has 9 heteroatoms. The molecule has 0 bridgehead atoms. The van der Waals surface area contributed by atoms with Gasteiger partial charge in [-0.3, -0.25) is 4.90 Å². The average Bonchev–Trinajstić information content (AvgIpc) is 2.72. The summed E-state index contributed by atoms with van der Waals surface area (Å²) >= 11 is 3.30. The number of sulfonamides is 1. The lowest BCUT2D eigenvalue weighted by Gasteiger charge is -2.29. The molecule has 0 aromatic heterocycles. The number of nitrogens with one attached hydrogen (secondary N) is 1. The van der Waals surface area contributed by atoms with Crippen molar-refractivity contribution in [2.75, 3.05) is 33.9 Å². The molecule has 0 radical (unpaired) electrons. The van der Waals surface area contributed by atoms with Crippen LogP contribution in [-0.4, -0.2) is 47.2 Å². The van der Waals surface area contributed by atoms with Crippen molar-refractivity contribution in [3.63, 3.8) is 0 Å². The minimum absolute atomic E-state index is 0. The third-order valence-electron chi connectivity index (χ3n) is 5.12. The smallest absolute Gasteiger partial charge is 0.241 e. The maximum absolute atomic E-state index is 12.4. The summed E-state index contributed by atoms with van der Waals surface area (Å²) in [6, 6.07) is 11.0. The van der Waals surface area contributed by atoms with Gasteiger partial charge in [0.15, 0.2) is 11.5 Å². The fourth-order valence-electron chi connectivity index (χ4n) is 3.54. The molecular weight excluding hydrogens is 492 g/mol. The molecule has 0 saturated carbocycles. The van der Waals surface area contributed by atoms with Crippen molar-refractivity contribution >= 4 is 38.4 Å². The number of halogens is 2. The maximum atomic E-state index is 12.4. The number of nitrogens with zero attached hydrogens (tertiary/aromatic N) is 1. The average molecular weight is 520 g/mol. The van der Waals surface area contributed by atoms with Gasteiger partial charge < -0.3 is 9.47 Å². The molecule has 6 nitrogen and oxygen atoms in total. The molecule has 2 aromatic carbocycles. The fraction of sp³-hybridized carbons (Fsp3) is 0.429. The lowest BCUT2D eigenvalue weighted by molar-refractivity contribution is 0.248. The summed E-state index contributed by atoms with van der Waals surface area (Å²) in [5.74, 6) is 1.53. The Morgan fingerprint density at radius 3 is 2.40 bits per heavy atom. The molecule has 30 heavy (non-hydrogen) atoms. The quantitative estimate of drug-likeness (QED) is 0.507. The van der Waals surface area contributed by atoms with Crippen molar-refractivity contribution in [2.24, 2.45) is 0 Å². The molecule has 0 aliphatic carbocycles. The van der Waals surface area contributed by atoms with Gasteiger partial charge in [0.05, 0.1) is 19.1 Å². The van der Waals surface area contributed by atoms with Crippen LogP contribution < -0.4 is 14.2 Å². The number of benzene rings is 2. The van der Waals surface area contributed by atoms with Crippen molar-refractivity contribution < 1.29 is 17.9 Å². The van der Waals surface area contributed by atoms with E-state index in [2.05, 4.69) is 37.7 Å². The van der Waals surface area contributed by atoms with Crippen LogP contribution in [0.5, 0.6) is 11.5 Å². The van der Waals surface area contributed by atoms with E-state index in [1.165, 1.54) is 11.1 Å². The highest BCUT2D eigenvalue weighted by Gasteiger charge is 2.19. The molecule has 0 unspecified atom stereocenters. The first kappa shape index (κ1) is 24.9. The van der Waals surface area contributed by atoms with Gasteiger partial charge in [-0.25, -0.2) is 13.1 Å². The molecular formula is C21H28BrClN2O4S. The largest absolute Gasteiger partial charge is 0.493 e. The number of hydrogen-bond donors (Lipinski definition) is 1. The van der Waals surface area contributed by atoms with E-state index in [1.807, 2.05) is 0 Å². The summed E-state index contributed by atoms with van der Waals surface area (Å²) < 4.78 is 38.9. The second-order valence-corrected chi connectivity index (χ2v) is 9.63. The van der Waals surface area contributed by atoms with Crippen LogP contribution >= 0.6 is 28.3 Å². The van der Waals surface area contributed by atoms with Crippen molar-refractivity contribution in [2.45, 2.75) is 30.7 Å². The molecule has 2 aromatic rings. The molecule has 0 saturated heterocycles. The Morgan fingerprint density at radius 2 is 1.73 bits per heavy atom. The van der Waals surface area contributed by atoms with Gasteiger partial charge in [-0.15, -0.1) is 12.4 Å². The Hall–Kier alpha value is -1.32. The zero-order valence-electron chi connectivity index (χ0n) is 17.2. The summed E-state index contributed by atoms with van der Waals surface area (Å²) in [4.78, 5) is 2.67. The molecule has 3 rings (SSSR count). The van der Waals surface area contributed by atoms with Crippen LogP contribution in [0, 0.1) is 0 Å². The Labute approximate surface area is 193 Å². The second kappa shape index (κ2) is 11.3. The van der Waals surface area contributed by atoms with Gasteiger partial charge in [0.2, 0.25) is 10.0 Å². The predicted molar refractivity (Wildman–Crippen MR) is 124 cm³/mol. The summed E-state index contributed by atoms with van der Waals surface area (Å²) in [6.45, 7) is 3.23. The molecule has 1 aliphatic heterocycles. The van der Waals surface area contributed by atoms with Crippen LogP contribution in [0.2, 0.25) is 0 Å². The Kier molecular flexibility index (Phi) is 9.43. The zero-order valence-corrected chi connectivity index (χ0v) is 20.4. The Balaban J connectivity index is 0.00000320. The minimum atomic E-state index is -3.49. The van der Waals surface area contributed by atoms with E-state index in [0.29, 0.717) is 11.0 Å². The van der Waals surface area contributed by atoms with Gasteiger partial charge in [-0.2, -0.15) is 0 Å². The number of rotatable bonds is 9. The van der Waals surface area contributed by atoms with Gasteiger partial charge in [0.25, 0.3) is 0 Å². The van der Waals surface area contributed by atoms with E-state index < -0.39 is 10.0 Å². The van der Waals surface area contributed by atoms with Crippen LogP contribution in [0.25, 0.3) is 0 Å². The highest BCUT2D eigenvalue weighted by atomic mass is 79.9. The van der Waals surface area contributed by atoms with Gasteiger partial charge in [-0.05, 0) is 77.1 Å². The lowest BCUT2D eigenvalue weighted by atomic mass is 9.98. The standard InChI is InChI=1S/C21H27BrN2O4S.ClH/c1-27-19-13-16-9-12-24(15-17(16)14-20(19)28-2)11-6-5-10-23-29(25,26)21-8-4-3-7-18(21)22;/h3-4,7-8,13-14,23H,5-6,9-12,15H2,1-2H3;1H. The van der Waals surface area contributed by atoms with Crippen molar-refractivity contribution in [3.8, 4) is 11.5 Å². The number of fused-ring (bicyclic) bond motifs is 1. The van der Waals surface area contributed by atoms with E-state index in [4.69, 9.17) is 9.47 Å². The van der Waals surface area contributed by atoms with Gasteiger partial charge in [0, 0.05) is 24.1 Å². The molecule has 0 amide bonds. The highest BCUT2D eigenvalue weighted by molar-refractivity contribution is 9.10. The van der Waals surface area contributed by atoms with Crippen LogP contribution in [0.3, 0.4) is 0 Å². The maximum Gasteiger partial charge on any atom is 0.241 e. The monoisotopic (exact) mass is 518 g/mol. The molecule has 1 heterocycles. The predicted octanol–water partition coefficient (Wildman–Crippen LogP) is 4.00.